The van der Waals surface area contributed by atoms with Gasteiger partial charge in [-0.15, -0.1) is 5.10 Å². The molecule has 1 aromatic heterocycles. The summed E-state index contributed by atoms with van der Waals surface area (Å²) in [4.78, 5) is 14.4. The molecule has 1 aliphatic carbocycles. The maximum Gasteiger partial charge on any atom is 0.254 e. The van der Waals surface area contributed by atoms with Crippen LogP contribution in [0.15, 0.2) is 18.3 Å². The highest BCUT2D eigenvalue weighted by atomic mass is 19.2. The van der Waals surface area contributed by atoms with Gasteiger partial charge in [0.05, 0.1) is 19.4 Å². The Morgan fingerprint density at radius 2 is 1.82 bits per heavy atom. The second kappa shape index (κ2) is 9.35. The number of amides is 1. The molecule has 13 heteroatoms. The standard InChI is InChI=1S/C20H23F3N4O6/c21-11-5-9(6-12(22)15(11)23)13-7-27(25-24-13)16-17(30)14(8-29)33-19(18(16)31)20(32)26(3-4-28)10-1-2-10/h5-7,10,14,16-19,28-31H,1-4,8H2/t14-,16+,17+,18-,19-/m1/s1. The van der Waals surface area contributed by atoms with Gasteiger partial charge in [-0.1, -0.05) is 5.21 Å². The first kappa shape index (κ1) is 23.6. The quantitative estimate of drug-likeness (QED) is 0.391. The molecule has 33 heavy (non-hydrogen) atoms. The molecule has 0 bridgehead atoms. The Bertz CT molecular complexity index is 996. The number of ether oxygens (including phenoxy) is 1. The van der Waals surface area contributed by atoms with Gasteiger partial charge in [-0.2, -0.15) is 0 Å². The summed E-state index contributed by atoms with van der Waals surface area (Å²) < 4.78 is 47.0. The van der Waals surface area contributed by atoms with Crippen LogP contribution in [0.5, 0.6) is 0 Å². The van der Waals surface area contributed by atoms with Gasteiger partial charge in [-0.25, -0.2) is 17.9 Å². The topological polar surface area (TPSA) is 141 Å². The van der Waals surface area contributed by atoms with Crippen LogP contribution in [-0.2, 0) is 9.53 Å². The summed E-state index contributed by atoms with van der Waals surface area (Å²) in [5.74, 6) is -5.12. The number of nitrogens with zero attached hydrogens (tertiary/aromatic N) is 4. The summed E-state index contributed by atoms with van der Waals surface area (Å²) in [5.41, 5.74) is -0.218. The number of hydrogen-bond donors (Lipinski definition) is 4. The van der Waals surface area contributed by atoms with E-state index < -0.39 is 60.4 Å². The highest BCUT2D eigenvalue weighted by Crippen LogP contribution is 2.34. The minimum absolute atomic E-state index is 0.0300. The third-order valence-electron chi connectivity index (χ3n) is 5.84. The summed E-state index contributed by atoms with van der Waals surface area (Å²) in [6, 6.07) is 0.0278. The molecular formula is C20H23F3N4O6. The summed E-state index contributed by atoms with van der Waals surface area (Å²) in [6.45, 7) is -0.937. The lowest BCUT2D eigenvalue weighted by Crippen LogP contribution is -2.61. The van der Waals surface area contributed by atoms with Crippen molar-refractivity contribution in [3.05, 3.63) is 35.8 Å². The molecule has 10 nitrogen and oxygen atoms in total. The van der Waals surface area contributed by atoms with E-state index in [9.17, 15) is 38.4 Å². The van der Waals surface area contributed by atoms with Gasteiger partial charge in [-0.05, 0) is 25.0 Å². The van der Waals surface area contributed by atoms with E-state index in [1.807, 2.05) is 0 Å². The molecule has 2 aliphatic rings. The van der Waals surface area contributed by atoms with Crippen LogP contribution in [-0.4, -0.2) is 96.4 Å². The fourth-order valence-electron chi connectivity index (χ4n) is 4.01. The van der Waals surface area contributed by atoms with Crippen molar-refractivity contribution < 1.29 is 43.1 Å². The predicted molar refractivity (Wildman–Crippen MR) is 104 cm³/mol. The molecule has 1 aliphatic heterocycles. The van der Waals surface area contributed by atoms with Crippen LogP contribution in [0, 0.1) is 17.5 Å². The van der Waals surface area contributed by atoms with Gasteiger partial charge >= 0.3 is 0 Å². The number of halogens is 3. The van der Waals surface area contributed by atoms with Gasteiger partial charge in [0.15, 0.2) is 23.6 Å². The predicted octanol–water partition coefficient (Wildman–Crippen LogP) is -0.632. The zero-order valence-electron chi connectivity index (χ0n) is 17.3. The third-order valence-corrected chi connectivity index (χ3v) is 5.84. The number of rotatable bonds is 7. The van der Waals surface area contributed by atoms with Gasteiger partial charge in [-0.3, -0.25) is 4.79 Å². The second-order valence-electron chi connectivity index (χ2n) is 8.07. The maximum atomic E-state index is 13.6. The summed E-state index contributed by atoms with van der Waals surface area (Å²) >= 11 is 0. The fourth-order valence-corrected chi connectivity index (χ4v) is 4.01. The average Bonchev–Trinajstić information content (AvgIpc) is 3.52. The molecule has 0 unspecified atom stereocenters. The van der Waals surface area contributed by atoms with Crippen molar-refractivity contribution in [2.24, 2.45) is 0 Å². The molecule has 0 radical (unpaired) electrons. The summed E-state index contributed by atoms with van der Waals surface area (Å²) in [5, 5.41) is 48.1. The molecule has 4 rings (SSSR count). The van der Waals surface area contributed by atoms with Crippen molar-refractivity contribution in [3.8, 4) is 11.3 Å². The molecule has 5 atom stereocenters. The van der Waals surface area contributed by atoms with Crippen LogP contribution in [0.25, 0.3) is 11.3 Å². The van der Waals surface area contributed by atoms with Crippen LogP contribution < -0.4 is 0 Å². The van der Waals surface area contributed by atoms with Gasteiger partial charge in [0, 0.05) is 18.2 Å². The Labute approximate surface area is 185 Å². The summed E-state index contributed by atoms with van der Waals surface area (Å²) in [6.07, 6.45) is -3.24. The van der Waals surface area contributed by atoms with Crippen LogP contribution in [0.2, 0.25) is 0 Å². The molecular weight excluding hydrogens is 449 g/mol. The van der Waals surface area contributed by atoms with E-state index in [-0.39, 0.29) is 30.5 Å². The van der Waals surface area contributed by atoms with E-state index in [2.05, 4.69) is 10.3 Å². The largest absolute Gasteiger partial charge is 0.395 e. The van der Waals surface area contributed by atoms with Crippen molar-refractivity contribution >= 4 is 5.91 Å². The first-order valence-corrected chi connectivity index (χ1v) is 10.4. The van der Waals surface area contributed by atoms with Crippen molar-refractivity contribution in [1.82, 2.24) is 19.9 Å². The van der Waals surface area contributed by atoms with Crippen molar-refractivity contribution in [3.63, 3.8) is 0 Å². The van der Waals surface area contributed by atoms with Crippen molar-refractivity contribution in [2.75, 3.05) is 19.8 Å². The van der Waals surface area contributed by atoms with Crippen LogP contribution in [0.3, 0.4) is 0 Å². The van der Waals surface area contributed by atoms with Gasteiger partial charge in [0.1, 0.15) is 30.0 Å². The summed E-state index contributed by atoms with van der Waals surface area (Å²) in [7, 11) is 0. The maximum absolute atomic E-state index is 13.6. The number of aliphatic hydroxyl groups is 4. The SMILES string of the molecule is O=C([C@@H]1O[C@H](CO)[C@H](O)[C@H](n2cc(-c3cc(F)c(F)c(F)c3)nn2)[C@H]1O)N(CCO)C1CC1. The molecule has 2 fully saturated rings. The van der Waals surface area contributed by atoms with Gasteiger partial charge in [0.25, 0.3) is 5.91 Å². The lowest BCUT2D eigenvalue weighted by atomic mass is 9.91. The number of aromatic nitrogens is 3. The van der Waals surface area contributed by atoms with E-state index in [0.29, 0.717) is 0 Å². The van der Waals surface area contributed by atoms with E-state index in [1.54, 1.807) is 0 Å². The van der Waals surface area contributed by atoms with Crippen LogP contribution in [0.4, 0.5) is 13.2 Å². The van der Waals surface area contributed by atoms with Crippen LogP contribution in [0.1, 0.15) is 18.9 Å². The Kier molecular flexibility index (Phi) is 6.68. The number of carbonyl (C=O) groups excluding carboxylic acids is 1. The molecule has 2 heterocycles. The van der Waals surface area contributed by atoms with Gasteiger partial charge < -0.3 is 30.1 Å². The molecule has 4 N–H and O–H groups in total. The average molecular weight is 472 g/mol. The molecule has 180 valence electrons. The van der Waals surface area contributed by atoms with E-state index in [0.717, 1.165) is 35.9 Å². The smallest absolute Gasteiger partial charge is 0.254 e. The Hall–Kier alpha value is -2.58. The zero-order valence-corrected chi connectivity index (χ0v) is 17.3. The normalized spacial score (nSPS) is 27.5. The Morgan fingerprint density at radius 1 is 1.15 bits per heavy atom. The second-order valence-corrected chi connectivity index (χ2v) is 8.07. The lowest BCUT2D eigenvalue weighted by Gasteiger charge is -2.42. The van der Waals surface area contributed by atoms with Crippen LogP contribution >= 0.6 is 0 Å². The molecule has 1 saturated heterocycles. The number of benzene rings is 1. The fraction of sp³-hybridized carbons (Fsp3) is 0.550. The minimum Gasteiger partial charge on any atom is -0.395 e. The molecule has 1 saturated carbocycles. The monoisotopic (exact) mass is 472 g/mol. The Morgan fingerprint density at radius 3 is 2.39 bits per heavy atom. The molecule has 1 aromatic carbocycles. The zero-order chi connectivity index (χ0) is 23.9. The first-order valence-electron chi connectivity index (χ1n) is 10.4. The number of hydrogen-bond acceptors (Lipinski definition) is 8. The molecule has 0 spiro atoms. The third kappa shape index (κ3) is 4.46. The molecule has 1 amide bonds. The van der Waals surface area contributed by atoms with Crippen molar-refractivity contribution in [1.29, 1.82) is 0 Å². The molecule has 2 aromatic rings. The van der Waals surface area contributed by atoms with E-state index in [1.165, 1.54) is 4.90 Å². The first-order chi connectivity index (χ1) is 15.8. The number of aliphatic hydroxyl groups excluding tert-OH is 4. The van der Waals surface area contributed by atoms with E-state index in [4.69, 9.17) is 4.74 Å². The highest BCUT2D eigenvalue weighted by Gasteiger charge is 2.50. The number of carbonyl (C=O) groups is 1. The van der Waals surface area contributed by atoms with E-state index >= 15 is 0 Å². The lowest BCUT2D eigenvalue weighted by molar-refractivity contribution is -0.212. The highest BCUT2D eigenvalue weighted by molar-refractivity contribution is 5.82. The van der Waals surface area contributed by atoms with Gasteiger partial charge in [0.2, 0.25) is 0 Å². The Balaban J connectivity index is 1.64. The minimum atomic E-state index is -1.64. The van der Waals surface area contributed by atoms with Crippen molar-refractivity contribution in [2.45, 2.75) is 49.3 Å².